The average molecular weight is 250 g/mol. The van der Waals surface area contributed by atoms with Crippen LogP contribution in [-0.4, -0.2) is 25.6 Å². The molecular weight excluding hydrogens is 228 g/mol. The van der Waals surface area contributed by atoms with Crippen molar-refractivity contribution in [1.29, 1.82) is 0 Å². The van der Waals surface area contributed by atoms with Gasteiger partial charge in [-0.05, 0) is 31.0 Å². The lowest BCUT2D eigenvalue weighted by Crippen LogP contribution is -2.38. The quantitative estimate of drug-likeness (QED) is 0.774. The number of nitrogens with one attached hydrogen (secondary N) is 2. The highest BCUT2D eigenvalue weighted by Crippen LogP contribution is 2.11. The Balaban J connectivity index is 2.30. The summed E-state index contributed by atoms with van der Waals surface area (Å²) in [5.74, 6) is 0.866. The second kappa shape index (κ2) is 7.71. The summed E-state index contributed by atoms with van der Waals surface area (Å²) in [5.41, 5.74) is 1.10. The third-order valence-electron chi connectivity index (χ3n) is 2.77. The Kier molecular flexibility index (Phi) is 6.22. The molecule has 4 heteroatoms. The molecule has 1 amide bonds. The van der Waals surface area contributed by atoms with Gasteiger partial charge in [-0.15, -0.1) is 0 Å². The molecule has 1 aromatic rings. The Morgan fingerprint density at radius 3 is 2.89 bits per heavy atom. The van der Waals surface area contributed by atoms with Gasteiger partial charge in [-0.2, -0.15) is 0 Å². The highest BCUT2D eigenvalue weighted by Gasteiger charge is 2.04. The average Bonchev–Trinajstić information content (AvgIpc) is 2.38. The number of benzene rings is 1. The standard InChI is InChI=1S/C14H22N2O2/c1-4-11(2)16-14(17)10-15-9-12-6-5-7-13(8-12)18-3/h5-8,11,15H,4,9-10H2,1-3H3,(H,16,17). The number of carbonyl (C=O) groups is 1. The van der Waals surface area contributed by atoms with Gasteiger partial charge >= 0.3 is 0 Å². The summed E-state index contributed by atoms with van der Waals surface area (Å²) in [7, 11) is 1.64. The van der Waals surface area contributed by atoms with Crippen molar-refractivity contribution in [3.8, 4) is 5.75 Å². The molecule has 100 valence electrons. The van der Waals surface area contributed by atoms with Crippen LogP contribution in [0.5, 0.6) is 5.75 Å². The normalized spacial score (nSPS) is 11.9. The molecule has 0 radical (unpaired) electrons. The van der Waals surface area contributed by atoms with E-state index in [-0.39, 0.29) is 11.9 Å². The van der Waals surface area contributed by atoms with Gasteiger partial charge in [0.1, 0.15) is 5.75 Å². The van der Waals surface area contributed by atoms with Crippen molar-refractivity contribution < 1.29 is 9.53 Å². The highest BCUT2D eigenvalue weighted by atomic mass is 16.5. The van der Waals surface area contributed by atoms with Crippen molar-refractivity contribution in [1.82, 2.24) is 10.6 Å². The summed E-state index contributed by atoms with van der Waals surface area (Å²) in [6.07, 6.45) is 0.946. The van der Waals surface area contributed by atoms with Crippen LogP contribution in [-0.2, 0) is 11.3 Å². The number of rotatable bonds is 7. The van der Waals surface area contributed by atoms with Crippen LogP contribution < -0.4 is 15.4 Å². The van der Waals surface area contributed by atoms with E-state index >= 15 is 0 Å². The molecule has 0 aliphatic carbocycles. The molecule has 18 heavy (non-hydrogen) atoms. The van der Waals surface area contributed by atoms with E-state index in [0.29, 0.717) is 13.1 Å². The summed E-state index contributed by atoms with van der Waals surface area (Å²) in [6, 6.07) is 8.03. The fourth-order valence-corrected chi connectivity index (χ4v) is 1.53. The van der Waals surface area contributed by atoms with E-state index in [9.17, 15) is 4.79 Å². The van der Waals surface area contributed by atoms with Crippen molar-refractivity contribution in [3.05, 3.63) is 29.8 Å². The van der Waals surface area contributed by atoms with Crippen LogP contribution in [0.3, 0.4) is 0 Å². The Hall–Kier alpha value is -1.55. The molecule has 0 heterocycles. The maximum absolute atomic E-state index is 11.5. The fourth-order valence-electron chi connectivity index (χ4n) is 1.53. The zero-order valence-electron chi connectivity index (χ0n) is 11.3. The molecule has 1 rings (SSSR count). The first-order chi connectivity index (χ1) is 8.65. The topological polar surface area (TPSA) is 50.4 Å². The summed E-state index contributed by atoms with van der Waals surface area (Å²) < 4.78 is 5.14. The first-order valence-corrected chi connectivity index (χ1v) is 6.28. The lowest BCUT2D eigenvalue weighted by molar-refractivity contribution is -0.120. The van der Waals surface area contributed by atoms with E-state index < -0.39 is 0 Å². The molecule has 4 nitrogen and oxygen atoms in total. The Morgan fingerprint density at radius 1 is 1.44 bits per heavy atom. The molecule has 1 aromatic carbocycles. The summed E-state index contributed by atoms with van der Waals surface area (Å²) in [5, 5.41) is 6.03. The van der Waals surface area contributed by atoms with E-state index in [0.717, 1.165) is 17.7 Å². The molecule has 0 saturated heterocycles. The van der Waals surface area contributed by atoms with E-state index in [1.54, 1.807) is 7.11 Å². The molecule has 1 atom stereocenters. The molecule has 0 aliphatic rings. The number of amides is 1. The van der Waals surface area contributed by atoms with Gasteiger partial charge < -0.3 is 15.4 Å². The summed E-state index contributed by atoms with van der Waals surface area (Å²) in [6.45, 7) is 5.04. The van der Waals surface area contributed by atoms with Gasteiger partial charge in [-0.1, -0.05) is 19.1 Å². The van der Waals surface area contributed by atoms with Crippen LogP contribution in [0.2, 0.25) is 0 Å². The van der Waals surface area contributed by atoms with Gasteiger partial charge in [0.15, 0.2) is 0 Å². The molecule has 0 fully saturated rings. The van der Waals surface area contributed by atoms with Crippen molar-refractivity contribution in [2.75, 3.05) is 13.7 Å². The fraction of sp³-hybridized carbons (Fsp3) is 0.500. The third-order valence-corrected chi connectivity index (χ3v) is 2.77. The van der Waals surface area contributed by atoms with Crippen molar-refractivity contribution in [2.45, 2.75) is 32.9 Å². The number of methoxy groups -OCH3 is 1. The van der Waals surface area contributed by atoms with Crippen LogP contribution >= 0.6 is 0 Å². The minimum Gasteiger partial charge on any atom is -0.497 e. The second-order valence-electron chi connectivity index (χ2n) is 4.33. The van der Waals surface area contributed by atoms with Crippen molar-refractivity contribution >= 4 is 5.91 Å². The van der Waals surface area contributed by atoms with Gasteiger partial charge in [-0.25, -0.2) is 0 Å². The lowest BCUT2D eigenvalue weighted by atomic mass is 10.2. The van der Waals surface area contributed by atoms with Crippen LogP contribution in [0.1, 0.15) is 25.8 Å². The van der Waals surface area contributed by atoms with E-state index in [1.165, 1.54) is 0 Å². The lowest BCUT2D eigenvalue weighted by Gasteiger charge is -2.12. The maximum atomic E-state index is 11.5. The molecule has 0 aliphatic heterocycles. The number of ether oxygens (including phenoxy) is 1. The molecular formula is C14H22N2O2. The second-order valence-corrected chi connectivity index (χ2v) is 4.33. The predicted molar refractivity (Wildman–Crippen MR) is 72.6 cm³/mol. The SMILES string of the molecule is CCC(C)NC(=O)CNCc1cccc(OC)c1. The molecule has 1 unspecified atom stereocenters. The Labute approximate surface area is 109 Å². The highest BCUT2D eigenvalue weighted by molar-refractivity contribution is 5.78. The first kappa shape index (κ1) is 14.5. The van der Waals surface area contributed by atoms with Crippen LogP contribution in [0.4, 0.5) is 0 Å². The largest absolute Gasteiger partial charge is 0.497 e. The maximum Gasteiger partial charge on any atom is 0.234 e. The van der Waals surface area contributed by atoms with E-state index in [2.05, 4.69) is 17.6 Å². The van der Waals surface area contributed by atoms with Crippen molar-refractivity contribution in [2.24, 2.45) is 0 Å². The van der Waals surface area contributed by atoms with Gasteiger partial charge in [0.2, 0.25) is 5.91 Å². The first-order valence-electron chi connectivity index (χ1n) is 6.28. The smallest absolute Gasteiger partial charge is 0.234 e. The van der Waals surface area contributed by atoms with E-state index in [4.69, 9.17) is 4.74 Å². The Morgan fingerprint density at radius 2 is 2.22 bits per heavy atom. The van der Waals surface area contributed by atoms with Crippen LogP contribution in [0.25, 0.3) is 0 Å². The van der Waals surface area contributed by atoms with Gasteiger partial charge in [0, 0.05) is 12.6 Å². The monoisotopic (exact) mass is 250 g/mol. The number of carbonyl (C=O) groups excluding carboxylic acids is 1. The molecule has 0 saturated carbocycles. The molecule has 2 N–H and O–H groups in total. The summed E-state index contributed by atoms with van der Waals surface area (Å²) in [4.78, 5) is 11.5. The zero-order valence-corrected chi connectivity index (χ0v) is 11.3. The van der Waals surface area contributed by atoms with Crippen LogP contribution in [0.15, 0.2) is 24.3 Å². The molecule has 0 bridgehead atoms. The zero-order chi connectivity index (χ0) is 13.4. The van der Waals surface area contributed by atoms with Gasteiger partial charge in [0.05, 0.1) is 13.7 Å². The third kappa shape index (κ3) is 5.19. The Bertz CT molecular complexity index is 380. The van der Waals surface area contributed by atoms with Gasteiger partial charge in [0.25, 0.3) is 0 Å². The minimum absolute atomic E-state index is 0.0345. The predicted octanol–water partition coefficient (Wildman–Crippen LogP) is 1.70. The van der Waals surface area contributed by atoms with Crippen molar-refractivity contribution in [3.63, 3.8) is 0 Å². The summed E-state index contributed by atoms with van der Waals surface area (Å²) >= 11 is 0. The molecule has 0 spiro atoms. The number of hydrogen-bond acceptors (Lipinski definition) is 3. The number of hydrogen-bond donors (Lipinski definition) is 2. The minimum atomic E-state index is 0.0345. The molecule has 0 aromatic heterocycles. The van der Waals surface area contributed by atoms with E-state index in [1.807, 2.05) is 31.2 Å². The van der Waals surface area contributed by atoms with Crippen LogP contribution in [0, 0.1) is 0 Å². The van der Waals surface area contributed by atoms with Gasteiger partial charge in [-0.3, -0.25) is 4.79 Å².